The maximum atomic E-state index is 14.0. The maximum absolute atomic E-state index is 14.0. The van der Waals surface area contributed by atoms with E-state index in [0.29, 0.717) is 22.5 Å². The number of halogens is 1. The number of ether oxygens (including phenoxy) is 2. The zero-order valence-electron chi connectivity index (χ0n) is 11.8. The molecule has 0 bridgehead atoms. The van der Waals surface area contributed by atoms with Crippen LogP contribution in [0.4, 0.5) is 4.39 Å². The lowest BCUT2D eigenvalue weighted by molar-refractivity contribution is 0.174. The van der Waals surface area contributed by atoms with Crippen LogP contribution >= 0.6 is 0 Å². The predicted octanol–water partition coefficient (Wildman–Crippen LogP) is 3.97. The Morgan fingerprint density at radius 2 is 1.78 bits per heavy atom. The fraction of sp³-hybridized carbons (Fsp3) is 0.0556. The summed E-state index contributed by atoms with van der Waals surface area (Å²) in [5.41, 5.74) is 0.274. The monoisotopic (exact) mass is 308 g/mol. The summed E-state index contributed by atoms with van der Waals surface area (Å²) in [6.45, 7) is 0.168. The van der Waals surface area contributed by atoms with Gasteiger partial charge in [0.1, 0.15) is 22.4 Å². The highest BCUT2D eigenvalue weighted by molar-refractivity contribution is 6.07. The first kappa shape index (κ1) is 12.5. The molecule has 112 valence electrons. The first-order valence-electron chi connectivity index (χ1n) is 7.10. The molecule has 1 aromatic heterocycles. The van der Waals surface area contributed by atoms with Gasteiger partial charge in [0.2, 0.25) is 12.2 Å². The molecule has 0 fully saturated rings. The van der Waals surface area contributed by atoms with Gasteiger partial charge in [0.25, 0.3) is 0 Å². The van der Waals surface area contributed by atoms with E-state index in [1.807, 2.05) is 6.07 Å². The van der Waals surface area contributed by atoms with Crippen molar-refractivity contribution in [2.24, 2.45) is 0 Å². The molecule has 23 heavy (non-hydrogen) atoms. The van der Waals surface area contributed by atoms with E-state index in [2.05, 4.69) is 0 Å². The smallest absolute Gasteiger partial charge is 0.231 e. The number of fused-ring (bicyclic) bond motifs is 5. The van der Waals surface area contributed by atoms with Crippen molar-refractivity contribution in [2.75, 3.05) is 6.79 Å². The highest BCUT2D eigenvalue weighted by Gasteiger charge is 2.18. The van der Waals surface area contributed by atoms with Crippen molar-refractivity contribution in [3.8, 4) is 11.5 Å². The first-order valence-corrected chi connectivity index (χ1v) is 7.10. The summed E-state index contributed by atoms with van der Waals surface area (Å²) in [5.74, 6) is 0.682. The van der Waals surface area contributed by atoms with E-state index >= 15 is 0 Å². The highest BCUT2D eigenvalue weighted by Crippen LogP contribution is 2.38. The molecule has 0 saturated heterocycles. The molecular formula is C18H9FO4. The summed E-state index contributed by atoms with van der Waals surface area (Å²) in [4.78, 5) is 12.6. The summed E-state index contributed by atoms with van der Waals surface area (Å²) in [6, 6.07) is 11.4. The zero-order valence-corrected chi connectivity index (χ0v) is 11.8. The van der Waals surface area contributed by atoms with Crippen LogP contribution in [0.5, 0.6) is 11.5 Å². The molecule has 1 aliphatic rings. The molecule has 0 aliphatic carbocycles. The molecule has 0 unspecified atom stereocenters. The summed E-state index contributed by atoms with van der Waals surface area (Å²) >= 11 is 0. The van der Waals surface area contributed by atoms with Gasteiger partial charge in [0.15, 0.2) is 11.5 Å². The Labute approximate surface area is 128 Å². The Balaban J connectivity index is 2.01. The molecule has 5 heteroatoms. The lowest BCUT2D eigenvalue weighted by Gasteiger charge is -2.06. The van der Waals surface area contributed by atoms with Gasteiger partial charge >= 0.3 is 0 Å². The number of hydrogen-bond acceptors (Lipinski definition) is 4. The van der Waals surface area contributed by atoms with Gasteiger partial charge in [-0.1, -0.05) is 12.1 Å². The number of rotatable bonds is 0. The molecule has 0 saturated carbocycles. The Kier molecular flexibility index (Phi) is 2.29. The third-order valence-electron chi connectivity index (χ3n) is 4.12. The van der Waals surface area contributed by atoms with Gasteiger partial charge in [-0.05, 0) is 35.7 Å². The van der Waals surface area contributed by atoms with Crippen LogP contribution in [0.25, 0.3) is 32.7 Å². The largest absolute Gasteiger partial charge is 0.455 e. The van der Waals surface area contributed by atoms with Crippen LogP contribution in [0.15, 0.2) is 51.7 Å². The molecule has 5 rings (SSSR count). The molecule has 0 radical (unpaired) electrons. The van der Waals surface area contributed by atoms with Gasteiger partial charge in [-0.25, -0.2) is 4.39 Å². The topological polar surface area (TPSA) is 48.7 Å². The van der Waals surface area contributed by atoms with Gasteiger partial charge in [0.05, 0.1) is 5.39 Å². The minimum Gasteiger partial charge on any atom is -0.455 e. The third-order valence-corrected chi connectivity index (χ3v) is 4.12. The Bertz CT molecular complexity index is 1180. The van der Waals surface area contributed by atoms with Gasteiger partial charge in [-0.2, -0.15) is 0 Å². The molecule has 0 N–H and O–H groups in total. The second kappa shape index (κ2) is 4.23. The third kappa shape index (κ3) is 1.61. The molecule has 3 aromatic carbocycles. The molecule has 1 aliphatic heterocycles. The lowest BCUT2D eigenvalue weighted by atomic mass is 10.0. The maximum Gasteiger partial charge on any atom is 0.231 e. The van der Waals surface area contributed by atoms with E-state index in [4.69, 9.17) is 13.9 Å². The van der Waals surface area contributed by atoms with Crippen LogP contribution in [0.2, 0.25) is 0 Å². The second-order valence-electron chi connectivity index (χ2n) is 5.41. The average Bonchev–Trinajstić information content (AvgIpc) is 3.00. The van der Waals surface area contributed by atoms with Gasteiger partial charge in [0, 0.05) is 5.39 Å². The molecule has 4 aromatic rings. The van der Waals surface area contributed by atoms with Crippen LogP contribution in [-0.4, -0.2) is 6.79 Å². The van der Waals surface area contributed by atoms with Gasteiger partial charge < -0.3 is 13.9 Å². The van der Waals surface area contributed by atoms with Crippen LogP contribution < -0.4 is 14.9 Å². The summed E-state index contributed by atoms with van der Waals surface area (Å²) in [7, 11) is 0. The van der Waals surface area contributed by atoms with Crippen molar-refractivity contribution < 1.29 is 18.3 Å². The van der Waals surface area contributed by atoms with Crippen molar-refractivity contribution in [3.63, 3.8) is 0 Å². The van der Waals surface area contributed by atoms with Gasteiger partial charge in [-0.3, -0.25) is 4.79 Å². The van der Waals surface area contributed by atoms with E-state index in [1.54, 1.807) is 24.3 Å². The van der Waals surface area contributed by atoms with E-state index in [1.165, 1.54) is 12.1 Å². The second-order valence-corrected chi connectivity index (χ2v) is 5.41. The number of hydrogen-bond donors (Lipinski definition) is 0. The number of benzene rings is 3. The van der Waals surface area contributed by atoms with E-state index < -0.39 is 5.82 Å². The predicted molar refractivity (Wildman–Crippen MR) is 83.6 cm³/mol. The van der Waals surface area contributed by atoms with Crippen LogP contribution in [0.1, 0.15) is 0 Å². The molecule has 0 atom stereocenters. The van der Waals surface area contributed by atoms with E-state index in [9.17, 15) is 9.18 Å². The molecular weight excluding hydrogens is 299 g/mol. The summed E-state index contributed by atoms with van der Waals surface area (Å²) in [5, 5.41) is 1.91. The van der Waals surface area contributed by atoms with Gasteiger partial charge in [-0.15, -0.1) is 0 Å². The van der Waals surface area contributed by atoms with Crippen molar-refractivity contribution in [2.45, 2.75) is 0 Å². The fourth-order valence-electron chi connectivity index (χ4n) is 3.03. The molecule has 4 nitrogen and oxygen atoms in total. The van der Waals surface area contributed by atoms with Crippen molar-refractivity contribution in [1.29, 1.82) is 0 Å². The quantitative estimate of drug-likeness (QED) is 0.364. The van der Waals surface area contributed by atoms with Crippen molar-refractivity contribution in [1.82, 2.24) is 0 Å². The Morgan fingerprint density at radius 3 is 2.65 bits per heavy atom. The molecule has 0 spiro atoms. The standard InChI is InChI=1S/C18H9FO4/c19-12-2-1-3-13-16(12)17(20)10-5-4-9-6-14-15(22-8-21-14)7-11(9)18(10)23-13/h1-7H,8H2. The normalized spacial score (nSPS) is 13.3. The van der Waals surface area contributed by atoms with Crippen molar-refractivity contribution in [3.05, 3.63) is 58.5 Å². The Hall–Kier alpha value is -3.08. The summed E-state index contributed by atoms with van der Waals surface area (Å²) in [6.07, 6.45) is 0. The van der Waals surface area contributed by atoms with Crippen molar-refractivity contribution >= 4 is 32.7 Å². The van der Waals surface area contributed by atoms with Crippen LogP contribution in [-0.2, 0) is 0 Å². The highest BCUT2D eigenvalue weighted by atomic mass is 19.1. The minimum absolute atomic E-state index is 0.0277. The lowest BCUT2D eigenvalue weighted by Crippen LogP contribution is -2.04. The van der Waals surface area contributed by atoms with Crippen LogP contribution in [0.3, 0.4) is 0 Å². The van der Waals surface area contributed by atoms with Crippen LogP contribution in [0, 0.1) is 5.82 Å². The first-order chi connectivity index (χ1) is 11.2. The summed E-state index contributed by atoms with van der Waals surface area (Å²) < 4.78 is 30.6. The Morgan fingerprint density at radius 1 is 0.957 bits per heavy atom. The molecule has 2 heterocycles. The minimum atomic E-state index is -0.580. The van der Waals surface area contributed by atoms with E-state index in [-0.39, 0.29) is 23.2 Å². The SMILES string of the molecule is O=c1c2ccc3cc4c(cc3c2oc2cccc(F)c12)OCO4. The van der Waals surface area contributed by atoms with E-state index in [0.717, 1.165) is 10.8 Å². The zero-order chi connectivity index (χ0) is 15.6. The molecule has 0 amide bonds. The fourth-order valence-corrected chi connectivity index (χ4v) is 3.03. The average molecular weight is 308 g/mol.